The van der Waals surface area contributed by atoms with Gasteiger partial charge in [-0.2, -0.15) is 0 Å². The molecule has 0 spiro atoms. The second-order valence-corrected chi connectivity index (χ2v) is 7.47. The van der Waals surface area contributed by atoms with Crippen molar-refractivity contribution in [1.29, 1.82) is 0 Å². The number of fused-ring (bicyclic) bond motifs is 2. The summed E-state index contributed by atoms with van der Waals surface area (Å²) in [6.45, 7) is 2.45. The predicted molar refractivity (Wildman–Crippen MR) is 117 cm³/mol. The third-order valence-electron chi connectivity index (χ3n) is 4.76. The number of hydrogen-bond donors (Lipinski definition) is 1. The van der Waals surface area contributed by atoms with Gasteiger partial charge in [-0.25, -0.2) is 14.8 Å². The molecule has 2 aromatic heterocycles. The molecule has 154 valence electrons. The molecule has 1 atom stereocenters. The molecule has 0 amide bonds. The van der Waals surface area contributed by atoms with Crippen molar-refractivity contribution in [3.8, 4) is 0 Å². The van der Waals surface area contributed by atoms with Gasteiger partial charge >= 0.3 is 5.97 Å². The summed E-state index contributed by atoms with van der Waals surface area (Å²) in [4.78, 5) is 22.4. The zero-order chi connectivity index (χ0) is 21.3. The zero-order valence-electron chi connectivity index (χ0n) is 16.6. The number of aromatic nitrogens is 3. The molecule has 4 rings (SSSR count). The molecular formula is C22H21ClN4O3. The molecule has 0 aliphatic rings. The maximum atomic E-state index is 13.0. The molecule has 8 heteroatoms. The average molecular weight is 425 g/mol. The van der Waals surface area contributed by atoms with E-state index in [2.05, 4.69) is 4.98 Å². The van der Waals surface area contributed by atoms with Crippen LogP contribution in [0.5, 0.6) is 0 Å². The Hall–Kier alpha value is -3.16. The number of benzene rings is 2. The Kier molecular flexibility index (Phi) is 5.57. The summed E-state index contributed by atoms with van der Waals surface area (Å²) in [7, 11) is 1.55. The molecule has 2 N–H and O–H groups in total. The first-order valence-corrected chi connectivity index (χ1v) is 9.84. The Morgan fingerprint density at radius 2 is 1.80 bits per heavy atom. The number of ether oxygens (including phenoxy) is 2. The number of rotatable bonds is 6. The van der Waals surface area contributed by atoms with Gasteiger partial charge in [0.2, 0.25) is 0 Å². The third-order valence-corrected chi connectivity index (χ3v) is 5.01. The van der Waals surface area contributed by atoms with Gasteiger partial charge in [-0.05, 0) is 36.8 Å². The van der Waals surface area contributed by atoms with Crippen molar-refractivity contribution in [3.63, 3.8) is 0 Å². The molecule has 0 aliphatic carbocycles. The molecule has 0 bridgehead atoms. The smallest absolute Gasteiger partial charge is 0.344 e. The third kappa shape index (κ3) is 3.81. The first-order valence-electron chi connectivity index (χ1n) is 9.46. The van der Waals surface area contributed by atoms with Crippen molar-refractivity contribution in [2.24, 2.45) is 0 Å². The summed E-state index contributed by atoms with van der Waals surface area (Å²) in [5.41, 5.74) is 9.93. The number of nitrogens with two attached hydrogens (primary N) is 1. The van der Waals surface area contributed by atoms with Crippen molar-refractivity contribution >= 4 is 45.6 Å². The fraction of sp³-hybridized carbons (Fsp3) is 0.227. The van der Waals surface area contributed by atoms with Crippen LogP contribution >= 0.6 is 11.6 Å². The second kappa shape index (κ2) is 8.30. The molecule has 0 fully saturated rings. The van der Waals surface area contributed by atoms with Gasteiger partial charge < -0.3 is 19.8 Å². The molecule has 4 aromatic rings. The summed E-state index contributed by atoms with van der Waals surface area (Å²) in [6, 6.07) is 14.9. The Morgan fingerprint density at radius 3 is 2.47 bits per heavy atom. The number of halogens is 1. The lowest BCUT2D eigenvalue weighted by molar-refractivity contribution is 0.0123. The lowest BCUT2D eigenvalue weighted by Gasteiger charge is -2.12. The predicted octanol–water partition coefficient (Wildman–Crippen LogP) is 4.06. The number of anilines is 1. The van der Waals surface area contributed by atoms with Gasteiger partial charge in [0.15, 0.2) is 5.65 Å². The van der Waals surface area contributed by atoms with Crippen LogP contribution in [-0.2, 0) is 16.0 Å². The van der Waals surface area contributed by atoms with E-state index in [-0.39, 0.29) is 18.0 Å². The van der Waals surface area contributed by atoms with E-state index in [0.29, 0.717) is 33.8 Å². The van der Waals surface area contributed by atoms with E-state index in [9.17, 15) is 4.79 Å². The van der Waals surface area contributed by atoms with Crippen molar-refractivity contribution in [2.75, 3.05) is 19.5 Å². The number of nitrogen functional groups attached to an aromatic ring is 1. The molecule has 2 aromatic carbocycles. The highest BCUT2D eigenvalue weighted by atomic mass is 35.5. The zero-order valence-corrected chi connectivity index (χ0v) is 17.4. The Bertz CT molecular complexity index is 1220. The fourth-order valence-electron chi connectivity index (χ4n) is 3.36. The molecule has 2 heterocycles. The lowest BCUT2D eigenvalue weighted by atomic mass is 10.2. The van der Waals surface area contributed by atoms with Crippen molar-refractivity contribution < 1.29 is 14.3 Å². The fourth-order valence-corrected chi connectivity index (χ4v) is 3.49. The van der Waals surface area contributed by atoms with Gasteiger partial charge in [0, 0.05) is 12.1 Å². The van der Waals surface area contributed by atoms with Crippen LogP contribution in [0.3, 0.4) is 0 Å². The van der Waals surface area contributed by atoms with E-state index in [0.717, 1.165) is 5.56 Å². The molecular weight excluding hydrogens is 404 g/mol. The maximum absolute atomic E-state index is 13.0. The standard InChI is InChI=1S/C22H21ClN4O3/c1-13(12-29-2)30-22(28)18-19-21(26-17-6-4-3-5-16(17)25-19)27(20(18)24)11-14-7-9-15(23)10-8-14/h3-10,13H,11-12,24H2,1-2H3. The highest BCUT2D eigenvalue weighted by Crippen LogP contribution is 2.29. The molecule has 30 heavy (non-hydrogen) atoms. The van der Waals surface area contributed by atoms with Gasteiger partial charge in [0.25, 0.3) is 0 Å². The number of carbonyl (C=O) groups is 1. The minimum Gasteiger partial charge on any atom is -0.456 e. The number of nitrogens with zero attached hydrogens (tertiary/aromatic N) is 3. The van der Waals surface area contributed by atoms with Crippen LogP contribution in [0.15, 0.2) is 48.5 Å². The second-order valence-electron chi connectivity index (χ2n) is 7.03. The lowest BCUT2D eigenvalue weighted by Crippen LogP contribution is -2.20. The highest BCUT2D eigenvalue weighted by molar-refractivity contribution is 6.30. The van der Waals surface area contributed by atoms with Gasteiger partial charge in [0.1, 0.15) is 23.0 Å². The van der Waals surface area contributed by atoms with Crippen LogP contribution in [-0.4, -0.2) is 40.3 Å². The highest BCUT2D eigenvalue weighted by Gasteiger charge is 2.26. The molecule has 0 radical (unpaired) electrons. The van der Waals surface area contributed by atoms with Gasteiger partial charge in [-0.15, -0.1) is 0 Å². The normalized spacial score (nSPS) is 12.4. The van der Waals surface area contributed by atoms with Gasteiger partial charge in [0.05, 0.1) is 24.2 Å². The summed E-state index contributed by atoms with van der Waals surface area (Å²) in [6.07, 6.45) is -0.426. The van der Waals surface area contributed by atoms with Crippen molar-refractivity contribution in [1.82, 2.24) is 14.5 Å². The molecule has 0 saturated carbocycles. The van der Waals surface area contributed by atoms with Gasteiger partial charge in [-0.1, -0.05) is 35.9 Å². The summed E-state index contributed by atoms with van der Waals surface area (Å²) in [5, 5.41) is 0.645. The average Bonchev–Trinajstić information content (AvgIpc) is 2.98. The van der Waals surface area contributed by atoms with E-state index in [1.165, 1.54) is 0 Å². The topological polar surface area (TPSA) is 92.3 Å². The van der Waals surface area contributed by atoms with E-state index in [1.54, 1.807) is 30.7 Å². The van der Waals surface area contributed by atoms with E-state index in [4.69, 9.17) is 31.8 Å². The van der Waals surface area contributed by atoms with Crippen LogP contribution in [0, 0.1) is 0 Å². The Labute approximate surface area is 178 Å². The SMILES string of the molecule is COCC(C)OC(=O)c1c(N)n(Cc2ccc(Cl)cc2)c2nc3ccccc3nc12. The van der Waals surface area contributed by atoms with Crippen LogP contribution in [0.1, 0.15) is 22.8 Å². The number of hydrogen-bond acceptors (Lipinski definition) is 6. The van der Waals surface area contributed by atoms with Crippen LogP contribution in [0.25, 0.3) is 22.2 Å². The van der Waals surface area contributed by atoms with E-state index in [1.807, 2.05) is 36.4 Å². The Morgan fingerprint density at radius 1 is 1.13 bits per heavy atom. The van der Waals surface area contributed by atoms with Crippen LogP contribution in [0.4, 0.5) is 5.82 Å². The van der Waals surface area contributed by atoms with Gasteiger partial charge in [-0.3, -0.25) is 0 Å². The quantitative estimate of drug-likeness (QED) is 0.469. The van der Waals surface area contributed by atoms with Crippen molar-refractivity contribution in [2.45, 2.75) is 19.6 Å². The van der Waals surface area contributed by atoms with Crippen LogP contribution < -0.4 is 5.73 Å². The Balaban J connectivity index is 1.87. The molecule has 1 unspecified atom stereocenters. The first kappa shape index (κ1) is 20.1. The van der Waals surface area contributed by atoms with Crippen LogP contribution in [0.2, 0.25) is 5.02 Å². The van der Waals surface area contributed by atoms with E-state index < -0.39 is 12.1 Å². The minimum absolute atomic E-state index is 0.208. The largest absolute Gasteiger partial charge is 0.456 e. The maximum Gasteiger partial charge on any atom is 0.344 e. The first-order chi connectivity index (χ1) is 14.5. The molecule has 0 aliphatic heterocycles. The number of methoxy groups -OCH3 is 1. The number of carbonyl (C=O) groups excluding carboxylic acids is 1. The summed E-state index contributed by atoms with van der Waals surface area (Å²) >= 11 is 6.00. The van der Waals surface area contributed by atoms with Crippen molar-refractivity contribution in [3.05, 3.63) is 64.7 Å². The molecule has 7 nitrogen and oxygen atoms in total. The van der Waals surface area contributed by atoms with E-state index >= 15 is 0 Å². The number of esters is 1. The summed E-state index contributed by atoms with van der Waals surface area (Å²) < 4.78 is 12.3. The number of para-hydroxylation sites is 2. The summed E-state index contributed by atoms with van der Waals surface area (Å²) in [5.74, 6) is -0.300. The molecule has 0 saturated heterocycles. The minimum atomic E-state index is -0.554. The monoisotopic (exact) mass is 424 g/mol.